The zero-order valence-corrected chi connectivity index (χ0v) is 16.0. The van der Waals surface area contributed by atoms with Gasteiger partial charge in [-0.1, -0.05) is 30.3 Å². The summed E-state index contributed by atoms with van der Waals surface area (Å²) in [6.07, 6.45) is 2.83. The Morgan fingerprint density at radius 3 is 2.63 bits per heavy atom. The van der Waals surface area contributed by atoms with Crippen molar-refractivity contribution in [2.24, 2.45) is 5.10 Å². The van der Waals surface area contributed by atoms with Crippen LogP contribution in [-0.4, -0.2) is 29.1 Å². The molecule has 1 N–H and O–H groups in total. The second-order valence-electron chi connectivity index (χ2n) is 6.08. The number of hydrazone groups is 1. The number of ether oxygens (including phenoxy) is 2. The first-order chi connectivity index (χ1) is 14.5. The SMILES string of the molecule is COc1cc(/C=N/NC(=O)Cc2ccccc2)ccc1Oc1ccc([N+](=O)[O-])cn1. The second-order valence-corrected chi connectivity index (χ2v) is 6.08. The number of nitrogens with zero attached hydrogens (tertiary/aromatic N) is 3. The van der Waals surface area contributed by atoms with Gasteiger partial charge >= 0.3 is 0 Å². The van der Waals surface area contributed by atoms with Crippen LogP contribution in [-0.2, 0) is 11.2 Å². The minimum Gasteiger partial charge on any atom is -0.493 e. The summed E-state index contributed by atoms with van der Waals surface area (Å²) in [6, 6.07) is 17.1. The molecular formula is C21H18N4O5. The van der Waals surface area contributed by atoms with Gasteiger partial charge in [0.05, 0.1) is 24.7 Å². The Hall–Kier alpha value is -4.27. The Balaban J connectivity index is 1.62. The zero-order chi connectivity index (χ0) is 21.3. The third kappa shape index (κ3) is 5.61. The predicted molar refractivity (Wildman–Crippen MR) is 110 cm³/mol. The van der Waals surface area contributed by atoms with Gasteiger partial charge < -0.3 is 9.47 Å². The van der Waals surface area contributed by atoms with Crippen molar-refractivity contribution in [3.05, 3.63) is 88.1 Å². The van der Waals surface area contributed by atoms with Crippen LogP contribution in [0.4, 0.5) is 5.69 Å². The Morgan fingerprint density at radius 1 is 1.17 bits per heavy atom. The summed E-state index contributed by atoms with van der Waals surface area (Å²) in [7, 11) is 1.48. The van der Waals surface area contributed by atoms with E-state index < -0.39 is 4.92 Å². The number of pyridine rings is 1. The van der Waals surface area contributed by atoms with Gasteiger partial charge in [0, 0.05) is 12.1 Å². The van der Waals surface area contributed by atoms with E-state index in [4.69, 9.17) is 9.47 Å². The van der Waals surface area contributed by atoms with Crippen molar-refractivity contribution in [2.45, 2.75) is 6.42 Å². The van der Waals surface area contributed by atoms with Gasteiger partial charge in [0.1, 0.15) is 6.20 Å². The number of carbonyl (C=O) groups excluding carboxylic acids is 1. The molecule has 0 aliphatic rings. The number of nitrogens with one attached hydrogen (secondary N) is 1. The molecule has 3 rings (SSSR count). The molecule has 0 unspecified atom stereocenters. The van der Waals surface area contributed by atoms with Crippen molar-refractivity contribution in [3.63, 3.8) is 0 Å². The molecule has 152 valence electrons. The smallest absolute Gasteiger partial charge is 0.287 e. The first-order valence-electron chi connectivity index (χ1n) is 8.87. The van der Waals surface area contributed by atoms with Crippen LogP contribution in [0, 0.1) is 10.1 Å². The predicted octanol–water partition coefficient (Wildman–Crippen LogP) is 3.48. The summed E-state index contributed by atoms with van der Waals surface area (Å²) in [5, 5.41) is 14.7. The van der Waals surface area contributed by atoms with Crippen molar-refractivity contribution in [2.75, 3.05) is 7.11 Å². The average molecular weight is 406 g/mol. The average Bonchev–Trinajstić information content (AvgIpc) is 2.75. The zero-order valence-electron chi connectivity index (χ0n) is 16.0. The van der Waals surface area contributed by atoms with Crippen LogP contribution < -0.4 is 14.9 Å². The molecule has 9 nitrogen and oxygen atoms in total. The normalized spacial score (nSPS) is 10.6. The van der Waals surface area contributed by atoms with Gasteiger partial charge in [0.25, 0.3) is 5.69 Å². The van der Waals surface area contributed by atoms with Crippen LogP contribution in [0.1, 0.15) is 11.1 Å². The van der Waals surface area contributed by atoms with Crippen LogP contribution in [0.5, 0.6) is 17.4 Å². The van der Waals surface area contributed by atoms with Crippen LogP contribution >= 0.6 is 0 Å². The number of amides is 1. The number of nitro groups is 1. The van der Waals surface area contributed by atoms with E-state index in [-0.39, 0.29) is 23.9 Å². The summed E-state index contributed by atoms with van der Waals surface area (Å²) in [5.74, 6) is 0.751. The van der Waals surface area contributed by atoms with E-state index in [0.29, 0.717) is 17.1 Å². The third-order valence-electron chi connectivity index (χ3n) is 3.94. The number of hydrogen-bond donors (Lipinski definition) is 1. The molecule has 3 aromatic rings. The second kappa shape index (κ2) is 9.78. The minimum absolute atomic E-state index is 0.129. The maximum atomic E-state index is 11.9. The molecule has 2 aromatic carbocycles. The summed E-state index contributed by atoms with van der Waals surface area (Å²) < 4.78 is 10.9. The van der Waals surface area contributed by atoms with Crippen molar-refractivity contribution in [1.29, 1.82) is 0 Å². The molecule has 9 heteroatoms. The topological polar surface area (TPSA) is 116 Å². The Morgan fingerprint density at radius 2 is 1.97 bits per heavy atom. The fraction of sp³-hybridized carbons (Fsp3) is 0.0952. The van der Waals surface area contributed by atoms with Gasteiger partial charge in [-0.05, 0) is 29.3 Å². The Kier molecular flexibility index (Phi) is 6.67. The molecule has 1 heterocycles. The van der Waals surface area contributed by atoms with Crippen LogP contribution in [0.2, 0.25) is 0 Å². The van der Waals surface area contributed by atoms with E-state index in [1.54, 1.807) is 18.2 Å². The van der Waals surface area contributed by atoms with E-state index in [1.165, 1.54) is 25.5 Å². The van der Waals surface area contributed by atoms with E-state index in [1.807, 2.05) is 30.3 Å². The largest absolute Gasteiger partial charge is 0.493 e. The highest BCUT2D eigenvalue weighted by molar-refractivity contribution is 5.84. The highest BCUT2D eigenvalue weighted by Gasteiger charge is 2.10. The van der Waals surface area contributed by atoms with Crippen LogP contribution in [0.15, 0.2) is 72.0 Å². The first-order valence-corrected chi connectivity index (χ1v) is 8.87. The number of methoxy groups -OCH3 is 1. The lowest BCUT2D eigenvalue weighted by molar-refractivity contribution is -0.385. The molecule has 30 heavy (non-hydrogen) atoms. The van der Waals surface area contributed by atoms with Gasteiger partial charge in [-0.15, -0.1) is 0 Å². The number of aromatic nitrogens is 1. The van der Waals surface area contributed by atoms with Gasteiger partial charge in [-0.25, -0.2) is 10.4 Å². The molecule has 0 saturated heterocycles. The Labute approximate surface area is 172 Å². The molecule has 0 spiro atoms. The lowest BCUT2D eigenvalue weighted by atomic mass is 10.1. The summed E-state index contributed by atoms with van der Waals surface area (Å²) in [5.41, 5.74) is 3.92. The highest BCUT2D eigenvalue weighted by Crippen LogP contribution is 2.31. The van der Waals surface area contributed by atoms with Gasteiger partial charge in [0.15, 0.2) is 11.5 Å². The van der Waals surface area contributed by atoms with Crippen LogP contribution in [0.3, 0.4) is 0 Å². The molecule has 0 aliphatic heterocycles. The fourth-order valence-electron chi connectivity index (χ4n) is 2.50. The van der Waals surface area contributed by atoms with E-state index in [9.17, 15) is 14.9 Å². The van der Waals surface area contributed by atoms with Gasteiger partial charge in [-0.3, -0.25) is 14.9 Å². The number of rotatable bonds is 8. The number of carbonyl (C=O) groups is 1. The van der Waals surface area contributed by atoms with E-state index in [0.717, 1.165) is 11.8 Å². The lowest BCUT2D eigenvalue weighted by Crippen LogP contribution is -2.19. The Bertz CT molecular complexity index is 1050. The molecule has 0 bridgehead atoms. The van der Waals surface area contributed by atoms with Crippen molar-refractivity contribution < 1.29 is 19.2 Å². The fourth-order valence-corrected chi connectivity index (χ4v) is 2.50. The van der Waals surface area contributed by atoms with Crippen molar-refractivity contribution >= 4 is 17.8 Å². The molecule has 0 aliphatic carbocycles. The maximum Gasteiger partial charge on any atom is 0.287 e. The number of hydrogen-bond acceptors (Lipinski definition) is 7. The molecule has 0 radical (unpaired) electrons. The molecule has 1 aromatic heterocycles. The van der Waals surface area contributed by atoms with Gasteiger partial charge in [-0.2, -0.15) is 5.10 Å². The van der Waals surface area contributed by atoms with Crippen molar-refractivity contribution in [1.82, 2.24) is 10.4 Å². The highest BCUT2D eigenvalue weighted by atomic mass is 16.6. The molecule has 0 saturated carbocycles. The van der Waals surface area contributed by atoms with Crippen molar-refractivity contribution in [3.8, 4) is 17.4 Å². The summed E-state index contributed by atoms with van der Waals surface area (Å²) >= 11 is 0. The molecule has 1 amide bonds. The van der Waals surface area contributed by atoms with E-state index in [2.05, 4.69) is 15.5 Å². The minimum atomic E-state index is -0.538. The number of benzene rings is 2. The molecular weight excluding hydrogens is 388 g/mol. The van der Waals surface area contributed by atoms with Crippen LogP contribution in [0.25, 0.3) is 0 Å². The lowest BCUT2D eigenvalue weighted by Gasteiger charge is -2.10. The molecule has 0 atom stereocenters. The molecule has 0 fully saturated rings. The van der Waals surface area contributed by atoms with E-state index >= 15 is 0 Å². The maximum absolute atomic E-state index is 11.9. The van der Waals surface area contributed by atoms with Gasteiger partial charge in [0.2, 0.25) is 11.8 Å². The summed E-state index contributed by atoms with van der Waals surface area (Å²) in [6.45, 7) is 0. The summed E-state index contributed by atoms with van der Waals surface area (Å²) in [4.78, 5) is 26.0. The third-order valence-corrected chi connectivity index (χ3v) is 3.94. The standard InChI is InChI=1S/C21H18N4O5/c1-29-19-11-16(13-23-24-20(26)12-15-5-3-2-4-6-15)7-9-18(19)30-21-10-8-17(14-22-21)25(27)28/h2-11,13-14H,12H2,1H3,(H,24,26)/b23-13+. The quantitative estimate of drug-likeness (QED) is 0.348. The monoisotopic (exact) mass is 406 g/mol. The first kappa shape index (κ1) is 20.5.